The number of anilines is 1. The van der Waals surface area contributed by atoms with Gasteiger partial charge in [-0.1, -0.05) is 37.3 Å². The number of benzene rings is 2. The molecule has 0 radical (unpaired) electrons. The third kappa shape index (κ3) is 3.42. The maximum absolute atomic E-state index is 13.2. The van der Waals surface area contributed by atoms with E-state index in [4.69, 9.17) is 0 Å². The minimum absolute atomic E-state index is 0.129. The average Bonchev–Trinajstić information content (AvgIpc) is 3.02. The van der Waals surface area contributed by atoms with Gasteiger partial charge in [-0.25, -0.2) is 4.68 Å². The zero-order valence-electron chi connectivity index (χ0n) is 16.9. The average molecular weight is 388 g/mol. The van der Waals surface area contributed by atoms with E-state index in [0.29, 0.717) is 5.52 Å². The first-order chi connectivity index (χ1) is 14.0. The smallest absolute Gasteiger partial charge is 0.291 e. The van der Waals surface area contributed by atoms with Crippen molar-refractivity contribution in [2.75, 3.05) is 5.32 Å². The van der Waals surface area contributed by atoms with Gasteiger partial charge in [-0.05, 0) is 43.5 Å². The van der Waals surface area contributed by atoms with Gasteiger partial charge in [0.25, 0.3) is 5.56 Å². The summed E-state index contributed by atoms with van der Waals surface area (Å²) in [5.41, 5.74) is 4.16. The summed E-state index contributed by atoms with van der Waals surface area (Å²) in [5, 5.41) is 9.01. The Kier molecular flexibility index (Phi) is 4.92. The van der Waals surface area contributed by atoms with Crippen LogP contribution < -0.4 is 10.9 Å². The summed E-state index contributed by atoms with van der Waals surface area (Å²) in [6, 6.07) is 13.8. The van der Waals surface area contributed by atoms with Crippen molar-refractivity contribution < 1.29 is 4.79 Å². The van der Waals surface area contributed by atoms with Crippen molar-refractivity contribution >= 4 is 33.4 Å². The third-order valence-electron chi connectivity index (χ3n) is 5.18. The van der Waals surface area contributed by atoms with Crippen molar-refractivity contribution in [3.05, 3.63) is 70.1 Å². The van der Waals surface area contributed by atoms with Crippen LogP contribution in [0.3, 0.4) is 0 Å². The predicted octanol–water partition coefficient (Wildman–Crippen LogP) is 4.02. The molecule has 0 saturated carbocycles. The largest absolute Gasteiger partial charge is 0.336 e. The number of carbonyl (C=O) groups excluding carboxylic acids is 1. The lowest BCUT2D eigenvalue weighted by Gasteiger charge is -2.10. The Bertz CT molecular complexity index is 1280. The molecule has 2 aromatic carbocycles. The predicted molar refractivity (Wildman–Crippen MR) is 116 cm³/mol. The zero-order valence-corrected chi connectivity index (χ0v) is 16.9. The van der Waals surface area contributed by atoms with Crippen molar-refractivity contribution in [3.63, 3.8) is 0 Å². The lowest BCUT2D eigenvalue weighted by Crippen LogP contribution is -2.30. The fourth-order valence-electron chi connectivity index (χ4n) is 3.76. The molecule has 6 heteroatoms. The third-order valence-corrected chi connectivity index (χ3v) is 5.18. The van der Waals surface area contributed by atoms with Gasteiger partial charge in [-0.2, -0.15) is 5.10 Å². The highest BCUT2D eigenvalue weighted by atomic mass is 16.2. The monoisotopic (exact) mass is 388 g/mol. The van der Waals surface area contributed by atoms with Crippen LogP contribution >= 0.6 is 0 Å². The summed E-state index contributed by atoms with van der Waals surface area (Å²) in [4.78, 5) is 25.8. The molecule has 2 heterocycles. The van der Waals surface area contributed by atoms with Gasteiger partial charge in [-0.3, -0.25) is 9.59 Å². The number of hydrogen-bond donors (Lipinski definition) is 1. The maximum atomic E-state index is 13.2. The Hall–Kier alpha value is -3.41. The summed E-state index contributed by atoms with van der Waals surface area (Å²) in [6.45, 7) is 6.60. The minimum atomic E-state index is -0.272. The van der Waals surface area contributed by atoms with Crippen LogP contribution in [0.1, 0.15) is 24.5 Å². The lowest BCUT2D eigenvalue weighted by molar-refractivity contribution is -0.117. The summed E-state index contributed by atoms with van der Waals surface area (Å²) < 4.78 is 3.28. The molecular weight excluding hydrogens is 364 g/mol. The number of para-hydroxylation sites is 1. The first-order valence-corrected chi connectivity index (χ1v) is 9.83. The molecule has 0 atom stereocenters. The van der Waals surface area contributed by atoms with Gasteiger partial charge in [0.05, 0.1) is 6.20 Å². The number of hydrogen-bond acceptors (Lipinski definition) is 3. The van der Waals surface area contributed by atoms with E-state index >= 15 is 0 Å². The summed E-state index contributed by atoms with van der Waals surface area (Å²) in [5.74, 6) is -0.272. The molecule has 0 saturated heterocycles. The van der Waals surface area contributed by atoms with Crippen LogP contribution in [-0.2, 0) is 17.9 Å². The van der Waals surface area contributed by atoms with Gasteiger partial charge in [0.15, 0.2) is 0 Å². The van der Waals surface area contributed by atoms with E-state index in [1.165, 1.54) is 4.68 Å². The summed E-state index contributed by atoms with van der Waals surface area (Å²) >= 11 is 0. The first-order valence-electron chi connectivity index (χ1n) is 9.83. The van der Waals surface area contributed by atoms with E-state index in [1.54, 1.807) is 6.20 Å². The van der Waals surface area contributed by atoms with E-state index in [0.717, 1.165) is 46.1 Å². The summed E-state index contributed by atoms with van der Waals surface area (Å²) in [7, 11) is 0. The molecule has 0 fully saturated rings. The summed E-state index contributed by atoms with van der Waals surface area (Å²) in [6.07, 6.45) is 2.60. The number of amides is 1. The van der Waals surface area contributed by atoms with E-state index < -0.39 is 0 Å². The minimum Gasteiger partial charge on any atom is -0.336 e. The van der Waals surface area contributed by atoms with Gasteiger partial charge in [0.1, 0.15) is 12.1 Å². The highest BCUT2D eigenvalue weighted by molar-refractivity contribution is 6.07. The van der Waals surface area contributed by atoms with E-state index in [9.17, 15) is 9.59 Å². The van der Waals surface area contributed by atoms with Gasteiger partial charge in [-0.15, -0.1) is 0 Å². The highest BCUT2D eigenvalue weighted by Gasteiger charge is 2.16. The van der Waals surface area contributed by atoms with Crippen molar-refractivity contribution in [2.45, 2.75) is 40.3 Å². The fraction of sp³-hybridized carbons (Fsp3) is 0.261. The zero-order chi connectivity index (χ0) is 20.5. The van der Waals surface area contributed by atoms with Gasteiger partial charge < -0.3 is 9.88 Å². The maximum Gasteiger partial charge on any atom is 0.291 e. The molecule has 2 aromatic heterocycles. The topological polar surface area (TPSA) is 68.9 Å². The number of rotatable bonds is 5. The van der Waals surface area contributed by atoms with Gasteiger partial charge >= 0.3 is 0 Å². The van der Waals surface area contributed by atoms with Crippen molar-refractivity contribution in [2.24, 2.45) is 0 Å². The van der Waals surface area contributed by atoms with Crippen LogP contribution in [0.5, 0.6) is 0 Å². The number of nitrogens with one attached hydrogen (secondary N) is 1. The Morgan fingerprint density at radius 1 is 1.10 bits per heavy atom. The van der Waals surface area contributed by atoms with Crippen LogP contribution in [0.2, 0.25) is 0 Å². The molecule has 0 unspecified atom stereocenters. The van der Waals surface area contributed by atoms with Crippen molar-refractivity contribution in [3.8, 4) is 0 Å². The van der Waals surface area contributed by atoms with Crippen LogP contribution in [0, 0.1) is 13.8 Å². The van der Waals surface area contributed by atoms with Crippen LogP contribution in [-0.4, -0.2) is 20.3 Å². The molecule has 0 aliphatic carbocycles. The van der Waals surface area contributed by atoms with E-state index in [2.05, 4.69) is 17.3 Å². The molecule has 0 spiro atoms. The Balaban J connectivity index is 1.73. The second kappa shape index (κ2) is 7.54. The Morgan fingerprint density at radius 3 is 2.69 bits per heavy atom. The molecule has 4 aromatic rings. The second-order valence-corrected chi connectivity index (χ2v) is 7.40. The molecule has 1 amide bonds. The Labute approximate surface area is 168 Å². The van der Waals surface area contributed by atoms with E-state index in [-0.39, 0.29) is 18.0 Å². The fourth-order valence-corrected chi connectivity index (χ4v) is 3.76. The number of aryl methyl sites for hydroxylation is 3. The number of aromatic nitrogens is 3. The molecule has 148 valence electrons. The molecule has 0 aliphatic heterocycles. The van der Waals surface area contributed by atoms with E-state index in [1.807, 2.05) is 60.9 Å². The highest BCUT2D eigenvalue weighted by Crippen LogP contribution is 2.26. The normalized spacial score (nSPS) is 11.3. The SMILES string of the molecule is CCCn1c2ccccc2c2cnn(CC(=O)Nc3cc(C)ccc3C)c(=O)c21. The van der Waals surface area contributed by atoms with Crippen molar-refractivity contribution in [1.82, 2.24) is 14.3 Å². The van der Waals surface area contributed by atoms with Crippen LogP contribution in [0.15, 0.2) is 53.5 Å². The molecule has 29 heavy (non-hydrogen) atoms. The van der Waals surface area contributed by atoms with Gasteiger partial charge in [0, 0.05) is 28.5 Å². The van der Waals surface area contributed by atoms with Crippen LogP contribution in [0.4, 0.5) is 5.69 Å². The quantitative estimate of drug-likeness (QED) is 0.561. The molecule has 0 aliphatic rings. The van der Waals surface area contributed by atoms with Crippen LogP contribution in [0.25, 0.3) is 21.8 Å². The van der Waals surface area contributed by atoms with Gasteiger partial charge in [0.2, 0.25) is 5.91 Å². The molecule has 0 bridgehead atoms. The molecule has 6 nitrogen and oxygen atoms in total. The number of carbonyl (C=O) groups is 1. The number of nitrogens with zero attached hydrogens (tertiary/aromatic N) is 3. The standard InChI is InChI=1S/C23H24N4O2/c1-4-11-26-20-8-6-5-7-17(20)18-13-24-27(23(29)22(18)26)14-21(28)25-19-12-15(2)9-10-16(19)3/h5-10,12-13H,4,11,14H2,1-3H3,(H,25,28). The molecule has 1 N–H and O–H groups in total. The molecular formula is C23H24N4O2. The molecule has 4 rings (SSSR count). The second-order valence-electron chi connectivity index (χ2n) is 7.40. The first kappa shape index (κ1) is 18.9. The van der Waals surface area contributed by atoms with Crippen molar-refractivity contribution in [1.29, 1.82) is 0 Å². The lowest BCUT2D eigenvalue weighted by atomic mass is 10.1. The number of fused-ring (bicyclic) bond motifs is 3. The Morgan fingerprint density at radius 2 is 1.90 bits per heavy atom.